The van der Waals surface area contributed by atoms with Crippen molar-refractivity contribution in [1.29, 1.82) is 0 Å². The minimum absolute atomic E-state index is 0.126. The first-order chi connectivity index (χ1) is 14.1. The molecule has 0 saturated carbocycles. The minimum Gasteiger partial charge on any atom is -0.378 e. The van der Waals surface area contributed by atoms with Crippen LogP contribution in [0.5, 0.6) is 0 Å². The Balaban J connectivity index is 1.23. The van der Waals surface area contributed by atoms with Gasteiger partial charge in [-0.05, 0) is 12.1 Å². The fraction of sp³-hybridized carbons (Fsp3) is 0.550. The van der Waals surface area contributed by atoms with E-state index in [4.69, 9.17) is 4.74 Å². The highest BCUT2D eigenvalue weighted by molar-refractivity contribution is 7.99. The Labute approximate surface area is 174 Å². The Morgan fingerprint density at radius 1 is 1.00 bits per heavy atom. The Bertz CT molecular complexity index is 872. The second-order valence-electron chi connectivity index (χ2n) is 7.38. The van der Waals surface area contributed by atoms with Gasteiger partial charge >= 0.3 is 0 Å². The van der Waals surface area contributed by atoms with Gasteiger partial charge in [-0.3, -0.25) is 14.5 Å². The highest BCUT2D eigenvalue weighted by Gasteiger charge is 2.25. The molecule has 156 valence electrons. The Morgan fingerprint density at radius 2 is 1.69 bits per heavy atom. The first-order valence-corrected chi connectivity index (χ1v) is 11.0. The van der Waals surface area contributed by atoms with Crippen LogP contribution in [0.4, 0.5) is 0 Å². The first-order valence-electron chi connectivity index (χ1n) is 10.0. The van der Waals surface area contributed by atoms with Gasteiger partial charge in [0.1, 0.15) is 0 Å². The molecular formula is C20H27N5O3S. The van der Waals surface area contributed by atoms with Crippen molar-refractivity contribution < 1.29 is 14.3 Å². The van der Waals surface area contributed by atoms with Gasteiger partial charge < -0.3 is 19.1 Å². The lowest BCUT2D eigenvalue weighted by Crippen LogP contribution is -2.53. The van der Waals surface area contributed by atoms with Gasteiger partial charge in [-0.1, -0.05) is 23.9 Å². The number of fused-ring (bicyclic) bond motifs is 1. The molecule has 9 heteroatoms. The fourth-order valence-corrected chi connectivity index (χ4v) is 4.62. The summed E-state index contributed by atoms with van der Waals surface area (Å²) in [5.41, 5.74) is 2.02. The average molecular weight is 418 g/mol. The molecule has 0 spiro atoms. The molecule has 2 saturated heterocycles. The summed E-state index contributed by atoms with van der Waals surface area (Å²) in [5, 5.41) is 0.856. The molecule has 0 radical (unpaired) electrons. The third kappa shape index (κ3) is 4.73. The Morgan fingerprint density at radius 3 is 2.41 bits per heavy atom. The minimum atomic E-state index is 0.126. The fourth-order valence-electron chi connectivity index (χ4n) is 3.73. The van der Waals surface area contributed by atoms with Gasteiger partial charge in [-0.2, -0.15) is 0 Å². The molecule has 0 bridgehead atoms. The van der Waals surface area contributed by atoms with Gasteiger partial charge in [0.15, 0.2) is 5.16 Å². The zero-order valence-electron chi connectivity index (χ0n) is 16.7. The average Bonchev–Trinajstić information content (AvgIpc) is 3.09. The zero-order chi connectivity index (χ0) is 20.2. The van der Waals surface area contributed by atoms with E-state index in [1.165, 1.54) is 11.8 Å². The van der Waals surface area contributed by atoms with Crippen LogP contribution in [0.1, 0.15) is 0 Å². The van der Waals surface area contributed by atoms with Crippen LogP contribution < -0.4 is 0 Å². The molecular weight excluding hydrogens is 390 g/mol. The van der Waals surface area contributed by atoms with Crippen molar-refractivity contribution in [2.75, 3.05) is 64.8 Å². The van der Waals surface area contributed by atoms with Gasteiger partial charge in [0, 0.05) is 46.3 Å². The smallest absolute Gasteiger partial charge is 0.236 e. The molecule has 1 aromatic carbocycles. The number of amides is 2. The van der Waals surface area contributed by atoms with Crippen LogP contribution >= 0.6 is 11.8 Å². The molecule has 2 aliphatic heterocycles. The SMILES string of the molecule is Cn1c(SCC(=O)N2CCN(CC(=O)N3CCOCC3)CC2)nc2ccccc21. The molecule has 0 atom stereocenters. The van der Waals surface area contributed by atoms with Crippen molar-refractivity contribution in [3.05, 3.63) is 24.3 Å². The number of carbonyl (C=O) groups is 2. The van der Waals surface area contributed by atoms with E-state index >= 15 is 0 Å². The number of benzene rings is 1. The highest BCUT2D eigenvalue weighted by Crippen LogP contribution is 2.23. The molecule has 2 aliphatic rings. The number of rotatable bonds is 5. The third-order valence-corrected chi connectivity index (χ3v) is 6.53. The van der Waals surface area contributed by atoms with E-state index in [1.54, 1.807) is 0 Å². The maximum atomic E-state index is 12.6. The number of para-hydroxylation sites is 2. The van der Waals surface area contributed by atoms with Crippen LogP contribution in [0.2, 0.25) is 0 Å². The number of carbonyl (C=O) groups excluding carboxylic acids is 2. The van der Waals surface area contributed by atoms with Crippen LogP contribution in [0, 0.1) is 0 Å². The number of hydrogen-bond donors (Lipinski definition) is 0. The zero-order valence-corrected chi connectivity index (χ0v) is 17.6. The number of aryl methyl sites for hydroxylation is 1. The number of thioether (sulfide) groups is 1. The Hall–Kier alpha value is -2.10. The largest absolute Gasteiger partial charge is 0.378 e. The Kier molecular flexibility index (Phi) is 6.37. The van der Waals surface area contributed by atoms with E-state index in [1.807, 2.05) is 45.7 Å². The topological polar surface area (TPSA) is 70.9 Å². The summed E-state index contributed by atoms with van der Waals surface area (Å²) in [4.78, 5) is 35.5. The molecule has 3 heterocycles. The number of ether oxygens (including phenoxy) is 1. The van der Waals surface area contributed by atoms with Gasteiger partial charge in [0.25, 0.3) is 0 Å². The van der Waals surface area contributed by atoms with Gasteiger partial charge in [0.2, 0.25) is 11.8 Å². The molecule has 29 heavy (non-hydrogen) atoms. The van der Waals surface area contributed by atoms with Crippen molar-refractivity contribution in [3.63, 3.8) is 0 Å². The second kappa shape index (κ2) is 9.15. The lowest BCUT2D eigenvalue weighted by atomic mass is 10.3. The van der Waals surface area contributed by atoms with Gasteiger partial charge in [-0.25, -0.2) is 4.98 Å². The maximum Gasteiger partial charge on any atom is 0.236 e. The van der Waals surface area contributed by atoms with Crippen molar-refractivity contribution >= 4 is 34.6 Å². The van der Waals surface area contributed by atoms with Crippen molar-refractivity contribution in [1.82, 2.24) is 24.3 Å². The molecule has 4 rings (SSSR count). The van der Waals surface area contributed by atoms with E-state index < -0.39 is 0 Å². The molecule has 0 unspecified atom stereocenters. The van der Waals surface area contributed by atoms with E-state index in [2.05, 4.69) is 9.88 Å². The summed E-state index contributed by atoms with van der Waals surface area (Å²) < 4.78 is 7.33. The standard InChI is InChI=1S/C20H27N5O3S/c1-22-17-5-3-2-4-16(17)21-20(22)29-15-19(27)24-8-6-23(7-9-24)14-18(26)25-10-12-28-13-11-25/h2-5H,6-15H2,1H3. The molecule has 0 N–H and O–H groups in total. The van der Waals surface area contributed by atoms with E-state index in [-0.39, 0.29) is 11.8 Å². The van der Waals surface area contributed by atoms with E-state index in [9.17, 15) is 9.59 Å². The summed E-state index contributed by atoms with van der Waals surface area (Å²) in [5.74, 6) is 0.663. The number of imidazole rings is 1. The summed E-state index contributed by atoms with van der Waals surface area (Å²) in [6.45, 7) is 5.83. The van der Waals surface area contributed by atoms with Gasteiger partial charge in [-0.15, -0.1) is 0 Å². The number of piperazine rings is 1. The predicted octanol–water partition coefficient (Wildman–Crippen LogP) is 0.668. The van der Waals surface area contributed by atoms with E-state index in [0.717, 1.165) is 29.3 Å². The van der Waals surface area contributed by atoms with Gasteiger partial charge in [0.05, 0.1) is 36.5 Å². The molecule has 2 amide bonds. The molecule has 0 aliphatic carbocycles. The van der Waals surface area contributed by atoms with Crippen LogP contribution in [0.25, 0.3) is 11.0 Å². The molecule has 2 aromatic rings. The van der Waals surface area contributed by atoms with Crippen molar-refractivity contribution in [2.45, 2.75) is 5.16 Å². The summed E-state index contributed by atoms with van der Waals surface area (Å²) in [7, 11) is 1.98. The quantitative estimate of drug-likeness (QED) is 0.666. The van der Waals surface area contributed by atoms with Crippen LogP contribution in [0.3, 0.4) is 0 Å². The lowest BCUT2D eigenvalue weighted by Gasteiger charge is -2.36. The number of morpholine rings is 1. The predicted molar refractivity (Wildman–Crippen MR) is 112 cm³/mol. The molecule has 8 nitrogen and oxygen atoms in total. The third-order valence-electron chi connectivity index (χ3n) is 5.52. The number of hydrogen-bond acceptors (Lipinski definition) is 6. The lowest BCUT2D eigenvalue weighted by molar-refractivity contribution is -0.137. The maximum absolute atomic E-state index is 12.6. The van der Waals surface area contributed by atoms with E-state index in [0.29, 0.717) is 51.7 Å². The highest BCUT2D eigenvalue weighted by atomic mass is 32.2. The summed E-state index contributed by atoms with van der Waals surface area (Å²) in [6, 6.07) is 7.98. The van der Waals surface area contributed by atoms with Crippen LogP contribution in [-0.4, -0.2) is 101 Å². The summed E-state index contributed by atoms with van der Waals surface area (Å²) in [6.07, 6.45) is 0. The number of nitrogens with zero attached hydrogens (tertiary/aromatic N) is 5. The normalized spacial score (nSPS) is 18.4. The molecule has 2 fully saturated rings. The summed E-state index contributed by atoms with van der Waals surface area (Å²) >= 11 is 1.48. The second-order valence-corrected chi connectivity index (χ2v) is 8.32. The van der Waals surface area contributed by atoms with Crippen LogP contribution in [-0.2, 0) is 21.4 Å². The van der Waals surface area contributed by atoms with Crippen LogP contribution in [0.15, 0.2) is 29.4 Å². The first kappa shape index (κ1) is 20.2. The molecule has 1 aromatic heterocycles. The van der Waals surface area contributed by atoms with Crippen molar-refractivity contribution in [2.24, 2.45) is 7.05 Å². The van der Waals surface area contributed by atoms with Crippen molar-refractivity contribution in [3.8, 4) is 0 Å². The number of aromatic nitrogens is 2. The monoisotopic (exact) mass is 417 g/mol.